The highest BCUT2D eigenvalue weighted by atomic mass is 35.5. The van der Waals surface area contributed by atoms with Crippen molar-refractivity contribution < 1.29 is 21.6 Å². The van der Waals surface area contributed by atoms with E-state index < -0.39 is 38.2 Å². The van der Waals surface area contributed by atoms with Crippen molar-refractivity contribution in [2.75, 3.05) is 4.72 Å². The molecule has 6 nitrogen and oxygen atoms in total. The molecule has 30 heavy (non-hydrogen) atoms. The molecule has 1 aromatic heterocycles. The first kappa shape index (κ1) is 20.7. The number of fused-ring (bicyclic) bond motifs is 1. The standard InChI is InChI=1S/C19H16ClF3N4O2S/c20-13-8-11(5-6-14(13)21)30(28,29)26-17-9-12(15(22)10-16(17)23)19-25-24-18-4-2-1-3-7-27(18)19/h5-6,8-10,26H,1-4,7H2. The van der Waals surface area contributed by atoms with Gasteiger partial charge in [0.15, 0.2) is 5.82 Å². The molecule has 3 aromatic rings. The van der Waals surface area contributed by atoms with Crippen molar-refractivity contribution in [3.63, 3.8) is 0 Å². The Balaban J connectivity index is 1.74. The zero-order chi connectivity index (χ0) is 21.5. The third kappa shape index (κ3) is 3.89. The summed E-state index contributed by atoms with van der Waals surface area (Å²) >= 11 is 5.64. The van der Waals surface area contributed by atoms with Gasteiger partial charge >= 0.3 is 0 Å². The first-order chi connectivity index (χ1) is 14.3. The van der Waals surface area contributed by atoms with Crippen LogP contribution in [0.5, 0.6) is 0 Å². The number of aryl methyl sites for hydroxylation is 1. The summed E-state index contributed by atoms with van der Waals surface area (Å²) in [7, 11) is -4.30. The van der Waals surface area contributed by atoms with E-state index in [0.717, 1.165) is 43.5 Å². The Morgan fingerprint density at radius 2 is 1.77 bits per heavy atom. The van der Waals surface area contributed by atoms with E-state index in [1.807, 2.05) is 0 Å². The molecule has 0 bridgehead atoms. The van der Waals surface area contributed by atoms with Crippen molar-refractivity contribution in [3.05, 3.63) is 58.6 Å². The van der Waals surface area contributed by atoms with Crippen LogP contribution < -0.4 is 4.72 Å². The largest absolute Gasteiger partial charge is 0.311 e. The highest BCUT2D eigenvalue weighted by molar-refractivity contribution is 7.92. The lowest BCUT2D eigenvalue weighted by Crippen LogP contribution is -2.15. The smallest absolute Gasteiger partial charge is 0.262 e. The maximum absolute atomic E-state index is 14.6. The van der Waals surface area contributed by atoms with Crippen molar-refractivity contribution in [3.8, 4) is 11.4 Å². The number of sulfonamides is 1. The average molecular weight is 457 g/mol. The van der Waals surface area contributed by atoms with Gasteiger partial charge in [0.1, 0.15) is 23.3 Å². The van der Waals surface area contributed by atoms with Crippen molar-refractivity contribution in [1.29, 1.82) is 0 Å². The fourth-order valence-corrected chi connectivity index (χ4v) is 4.66. The van der Waals surface area contributed by atoms with Crippen molar-refractivity contribution in [2.45, 2.75) is 37.1 Å². The third-order valence-electron chi connectivity index (χ3n) is 4.85. The molecular formula is C19H16ClF3N4O2S. The van der Waals surface area contributed by atoms with Gasteiger partial charge in [-0.3, -0.25) is 4.72 Å². The summed E-state index contributed by atoms with van der Waals surface area (Å²) in [5, 5.41) is 7.72. The highest BCUT2D eigenvalue weighted by Crippen LogP contribution is 2.31. The molecule has 0 aliphatic carbocycles. The van der Waals surface area contributed by atoms with Crippen molar-refractivity contribution in [2.24, 2.45) is 0 Å². The summed E-state index contributed by atoms with van der Waals surface area (Å²) in [5.41, 5.74) is -0.551. The van der Waals surface area contributed by atoms with Gasteiger partial charge in [0, 0.05) is 19.0 Å². The van der Waals surface area contributed by atoms with E-state index in [4.69, 9.17) is 11.6 Å². The Labute approximate surface area is 175 Å². The Bertz CT molecular complexity index is 1230. The van der Waals surface area contributed by atoms with Crippen molar-refractivity contribution >= 4 is 27.3 Å². The van der Waals surface area contributed by atoms with E-state index in [9.17, 15) is 21.6 Å². The topological polar surface area (TPSA) is 76.9 Å². The Morgan fingerprint density at radius 3 is 2.53 bits per heavy atom. The molecule has 2 aromatic carbocycles. The monoisotopic (exact) mass is 456 g/mol. The molecule has 0 radical (unpaired) electrons. The maximum Gasteiger partial charge on any atom is 0.262 e. The van der Waals surface area contributed by atoms with Crippen LogP contribution >= 0.6 is 11.6 Å². The molecule has 1 N–H and O–H groups in total. The number of aromatic nitrogens is 3. The van der Waals surface area contributed by atoms with E-state index in [0.29, 0.717) is 24.9 Å². The molecule has 11 heteroatoms. The molecular weight excluding hydrogens is 441 g/mol. The van der Waals surface area contributed by atoms with E-state index in [1.165, 1.54) is 0 Å². The summed E-state index contributed by atoms with van der Waals surface area (Å²) in [6.07, 6.45) is 3.50. The second-order valence-corrected chi connectivity index (χ2v) is 8.99. The number of halogens is 4. The van der Waals surface area contributed by atoms with Crippen LogP contribution in [0.1, 0.15) is 25.1 Å². The van der Waals surface area contributed by atoms with Crippen LogP contribution in [-0.4, -0.2) is 23.2 Å². The zero-order valence-corrected chi connectivity index (χ0v) is 17.1. The lowest BCUT2D eigenvalue weighted by Gasteiger charge is -2.13. The van der Waals surface area contributed by atoms with Gasteiger partial charge in [-0.05, 0) is 37.1 Å². The molecule has 158 valence electrons. The molecule has 2 heterocycles. The molecule has 0 saturated heterocycles. The van der Waals surface area contributed by atoms with Crippen LogP contribution in [0.4, 0.5) is 18.9 Å². The van der Waals surface area contributed by atoms with Crippen LogP contribution in [-0.2, 0) is 23.0 Å². The number of nitrogens with one attached hydrogen (secondary N) is 1. The van der Waals surface area contributed by atoms with Crippen LogP contribution in [0.3, 0.4) is 0 Å². The molecule has 0 unspecified atom stereocenters. The number of nitrogens with zero attached hydrogens (tertiary/aromatic N) is 3. The van der Waals surface area contributed by atoms with E-state index in [1.54, 1.807) is 4.57 Å². The minimum atomic E-state index is -4.30. The lowest BCUT2D eigenvalue weighted by molar-refractivity contribution is 0.581. The van der Waals surface area contributed by atoms with Crippen LogP contribution in [0.2, 0.25) is 5.02 Å². The SMILES string of the molecule is O=S(=O)(Nc1cc(-c2nnc3n2CCCCC3)c(F)cc1F)c1ccc(F)c(Cl)c1. The van der Waals surface area contributed by atoms with E-state index in [-0.39, 0.29) is 16.3 Å². The number of anilines is 1. The Kier molecular flexibility index (Phi) is 5.46. The van der Waals surface area contributed by atoms with Crippen LogP contribution in [0, 0.1) is 17.5 Å². The Hall–Kier alpha value is -2.59. The second kappa shape index (κ2) is 7.92. The molecule has 1 aliphatic rings. The van der Waals surface area contributed by atoms with Gasteiger partial charge in [0.2, 0.25) is 0 Å². The first-order valence-electron chi connectivity index (χ1n) is 9.15. The van der Waals surface area contributed by atoms with Gasteiger partial charge < -0.3 is 4.57 Å². The number of benzene rings is 2. The average Bonchev–Trinajstić information content (AvgIpc) is 2.93. The van der Waals surface area contributed by atoms with Gasteiger partial charge in [-0.15, -0.1) is 10.2 Å². The molecule has 0 spiro atoms. The van der Waals surface area contributed by atoms with Gasteiger partial charge in [0.25, 0.3) is 10.0 Å². The van der Waals surface area contributed by atoms with E-state index >= 15 is 0 Å². The minimum Gasteiger partial charge on any atom is -0.311 e. The molecule has 0 atom stereocenters. The fourth-order valence-electron chi connectivity index (χ4n) is 3.33. The zero-order valence-electron chi connectivity index (χ0n) is 15.5. The van der Waals surface area contributed by atoms with Gasteiger partial charge in [-0.25, -0.2) is 21.6 Å². The lowest BCUT2D eigenvalue weighted by atomic mass is 10.1. The first-order valence-corrected chi connectivity index (χ1v) is 11.0. The van der Waals surface area contributed by atoms with Gasteiger partial charge in [-0.1, -0.05) is 18.0 Å². The third-order valence-corrected chi connectivity index (χ3v) is 6.51. The van der Waals surface area contributed by atoms with Crippen LogP contribution in [0.15, 0.2) is 35.2 Å². The predicted octanol–water partition coefficient (Wildman–Crippen LogP) is 4.54. The maximum atomic E-state index is 14.6. The summed E-state index contributed by atoms with van der Waals surface area (Å²) < 4.78 is 71.3. The van der Waals surface area contributed by atoms with Crippen molar-refractivity contribution in [1.82, 2.24) is 14.8 Å². The number of hydrogen-bond acceptors (Lipinski definition) is 4. The molecule has 0 amide bonds. The summed E-state index contributed by atoms with van der Waals surface area (Å²) in [5.74, 6) is -1.88. The quantitative estimate of drug-likeness (QED) is 0.625. The summed E-state index contributed by atoms with van der Waals surface area (Å²) in [6, 6.07) is 4.40. The summed E-state index contributed by atoms with van der Waals surface area (Å²) in [4.78, 5) is -0.365. The van der Waals surface area contributed by atoms with E-state index in [2.05, 4.69) is 14.9 Å². The number of rotatable bonds is 4. The predicted molar refractivity (Wildman–Crippen MR) is 105 cm³/mol. The van der Waals surface area contributed by atoms with Gasteiger partial charge in [-0.2, -0.15) is 0 Å². The minimum absolute atomic E-state index is 0.0770. The van der Waals surface area contributed by atoms with Crippen LogP contribution in [0.25, 0.3) is 11.4 Å². The Morgan fingerprint density at radius 1 is 0.967 bits per heavy atom. The van der Waals surface area contributed by atoms with Gasteiger partial charge in [0.05, 0.1) is 21.2 Å². The molecule has 4 rings (SSSR count). The second-order valence-electron chi connectivity index (χ2n) is 6.90. The fraction of sp³-hybridized carbons (Fsp3) is 0.263. The normalized spacial score (nSPS) is 14.3. The highest BCUT2D eigenvalue weighted by Gasteiger charge is 2.23. The molecule has 1 aliphatic heterocycles. The molecule has 0 saturated carbocycles. The number of hydrogen-bond donors (Lipinski definition) is 1. The molecule has 0 fully saturated rings. The summed E-state index contributed by atoms with van der Waals surface area (Å²) in [6.45, 7) is 0.587.